The smallest absolute Gasteiger partial charge is 0.408 e. The number of cyclic esters (lactones) is 1. The lowest BCUT2D eigenvalue weighted by Gasteiger charge is -2.30. The predicted octanol–water partition coefficient (Wildman–Crippen LogP) is 3.65. The second kappa shape index (κ2) is 10.3. The third-order valence-electron chi connectivity index (χ3n) is 4.69. The fourth-order valence-corrected chi connectivity index (χ4v) is 3.39. The van der Waals surface area contributed by atoms with Gasteiger partial charge in [0, 0.05) is 12.3 Å². The average Bonchev–Trinajstić information content (AvgIpc) is 2.67. The van der Waals surface area contributed by atoms with Crippen LogP contribution in [0.1, 0.15) is 53.4 Å². The van der Waals surface area contributed by atoms with E-state index < -0.39 is 35.9 Å². The first-order valence-corrected chi connectivity index (χ1v) is 10.0. The summed E-state index contributed by atoms with van der Waals surface area (Å²) in [5.41, 5.74) is -0.663. The number of hydrogen-bond acceptors (Lipinski definition) is 6. The van der Waals surface area contributed by atoms with Crippen LogP contribution in [-0.2, 0) is 19.1 Å². The van der Waals surface area contributed by atoms with Gasteiger partial charge in [0.1, 0.15) is 35.9 Å². The summed E-state index contributed by atoms with van der Waals surface area (Å²) in [4.78, 5) is 36.0. The molecule has 0 radical (unpaired) electrons. The number of rotatable bonds is 5. The average molecular weight is 405 g/mol. The van der Waals surface area contributed by atoms with Crippen LogP contribution in [0.5, 0.6) is 5.75 Å². The Bertz CT molecular complexity index is 684. The third-order valence-corrected chi connectivity index (χ3v) is 4.69. The standard InChI is InChI=1S/C22H31NO6/c1-15-19(28-17-10-6-5-7-11-17)16(13-14-24)9-8-12-18(20(25)27-15)23-21(26)29-22(2,3)4/h5-7,10-11,14-16,18-19H,8-9,12-13H2,1-4H3,(H,23,26). The molecule has 0 saturated carbocycles. The molecule has 7 heteroatoms. The Morgan fingerprint density at radius 1 is 1.24 bits per heavy atom. The van der Waals surface area contributed by atoms with E-state index in [4.69, 9.17) is 14.2 Å². The molecular weight excluding hydrogens is 374 g/mol. The molecule has 1 N–H and O–H groups in total. The second-order valence-corrected chi connectivity index (χ2v) is 8.33. The SMILES string of the molecule is CC1OC(=O)C(NC(=O)OC(C)(C)C)CCCC(CC=O)C1Oc1ccccc1. The highest BCUT2D eigenvalue weighted by molar-refractivity contribution is 5.81. The van der Waals surface area contributed by atoms with Crippen LogP contribution >= 0.6 is 0 Å². The number of aldehydes is 1. The van der Waals surface area contributed by atoms with Gasteiger partial charge in [-0.2, -0.15) is 0 Å². The number of alkyl carbamates (subject to hydrolysis) is 1. The molecule has 2 rings (SSSR count). The van der Waals surface area contributed by atoms with E-state index >= 15 is 0 Å². The van der Waals surface area contributed by atoms with Crippen molar-refractivity contribution in [2.75, 3.05) is 0 Å². The molecular formula is C22H31NO6. The van der Waals surface area contributed by atoms with E-state index in [1.165, 1.54) is 0 Å². The van der Waals surface area contributed by atoms with Gasteiger partial charge >= 0.3 is 12.1 Å². The van der Waals surface area contributed by atoms with Crippen LogP contribution in [0.2, 0.25) is 0 Å². The Hall–Kier alpha value is -2.57. The molecule has 29 heavy (non-hydrogen) atoms. The Morgan fingerprint density at radius 3 is 2.55 bits per heavy atom. The third kappa shape index (κ3) is 7.40. The highest BCUT2D eigenvalue weighted by Crippen LogP contribution is 2.28. The van der Waals surface area contributed by atoms with Gasteiger partial charge in [-0.1, -0.05) is 24.6 Å². The van der Waals surface area contributed by atoms with Crippen molar-refractivity contribution in [3.05, 3.63) is 30.3 Å². The van der Waals surface area contributed by atoms with Crippen molar-refractivity contribution in [1.82, 2.24) is 5.32 Å². The van der Waals surface area contributed by atoms with E-state index in [-0.39, 0.29) is 5.92 Å². The van der Waals surface area contributed by atoms with Gasteiger partial charge < -0.3 is 24.3 Å². The molecule has 1 amide bonds. The van der Waals surface area contributed by atoms with Gasteiger partial charge in [0.25, 0.3) is 0 Å². The van der Waals surface area contributed by atoms with E-state index in [9.17, 15) is 14.4 Å². The zero-order valence-corrected chi connectivity index (χ0v) is 17.6. The van der Waals surface area contributed by atoms with Crippen molar-refractivity contribution in [3.63, 3.8) is 0 Å². The number of hydrogen-bond donors (Lipinski definition) is 1. The Balaban J connectivity index is 2.14. The van der Waals surface area contributed by atoms with Crippen molar-refractivity contribution in [2.45, 2.75) is 77.2 Å². The van der Waals surface area contributed by atoms with Crippen LogP contribution in [0.4, 0.5) is 4.79 Å². The van der Waals surface area contributed by atoms with Crippen molar-refractivity contribution >= 4 is 18.3 Å². The minimum atomic E-state index is -0.806. The summed E-state index contributed by atoms with van der Waals surface area (Å²) >= 11 is 0. The van der Waals surface area contributed by atoms with E-state index in [0.29, 0.717) is 31.4 Å². The number of para-hydroxylation sites is 1. The van der Waals surface area contributed by atoms with Gasteiger partial charge in [-0.05, 0) is 52.7 Å². The summed E-state index contributed by atoms with van der Waals surface area (Å²) in [5, 5.41) is 2.61. The number of carbonyl (C=O) groups is 3. The molecule has 0 bridgehead atoms. The summed E-state index contributed by atoms with van der Waals surface area (Å²) < 4.78 is 17.0. The van der Waals surface area contributed by atoms with Gasteiger partial charge in [0.2, 0.25) is 0 Å². The largest absolute Gasteiger partial charge is 0.486 e. The fourth-order valence-electron chi connectivity index (χ4n) is 3.39. The Labute approximate surface area is 172 Å². The molecule has 1 aliphatic heterocycles. The van der Waals surface area contributed by atoms with Crippen LogP contribution in [0, 0.1) is 5.92 Å². The van der Waals surface area contributed by atoms with Gasteiger partial charge in [0.05, 0.1) is 0 Å². The molecule has 4 unspecified atom stereocenters. The van der Waals surface area contributed by atoms with Gasteiger partial charge in [0.15, 0.2) is 0 Å². The fraction of sp³-hybridized carbons (Fsp3) is 0.591. The van der Waals surface area contributed by atoms with E-state index in [1.54, 1.807) is 27.7 Å². The summed E-state index contributed by atoms with van der Waals surface area (Å²) in [5.74, 6) is 0.0199. The molecule has 1 heterocycles. The maximum atomic E-state index is 12.7. The minimum absolute atomic E-state index is 0.101. The first-order chi connectivity index (χ1) is 13.7. The van der Waals surface area contributed by atoms with Crippen LogP contribution in [0.3, 0.4) is 0 Å². The zero-order chi connectivity index (χ0) is 21.4. The molecule has 0 spiro atoms. The van der Waals surface area contributed by atoms with Gasteiger partial charge in [-0.3, -0.25) is 0 Å². The van der Waals surface area contributed by atoms with E-state index in [1.807, 2.05) is 30.3 Å². The predicted molar refractivity (Wildman–Crippen MR) is 108 cm³/mol. The first kappa shape index (κ1) is 22.7. The maximum absolute atomic E-state index is 12.7. The molecule has 1 saturated heterocycles. The summed E-state index contributed by atoms with van der Waals surface area (Å²) in [6, 6.07) is 8.44. The summed E-state index contributed by atoms with van der Waals surface area (Å²) in [6.45, 7) is 7.02. The van der Waals surface area contributed by atoms with Gasteiger partial charge in [-0.15, -0.1) is 0 Å². The number of esters is 1. The Kier molecular flexibility index (Phi) is 8.05. The lowest BCUT2D eigenvalue weighted by molar-refractivity contribution is -0.156. The monoisotopic (exact) mass is 405 g/mol. The van der Waals surface area contributed by atoms with Gasteiger partial charge in [-0.25, -0.2) is 9.59 Å². The van der Waals surface area contributed by atoms with E-state index in [2.05, 4.69) is 5.32 Å². The number of benzene rings is 1. The zero-order valence-electron chi connectivity index (χ0n) is 17.6. The topological polar surface area (TPSA) is 90.9 Å². The summed E-state index contributed by atoms with van der Waals surface area (Å²) in [6.07, 6.45) is 1.17. The molecule has 7 nitrogen and oxygen atoms in total. The molecule has 0 aromatic heterocycles. The lowest BCUT2D eigenvalue weighted by Crippen LogP contribution is -2.46. The highest BCUT2D eigenvalue weighted by atomic mass is 16.6. The van der Waals surface area contributed by atoms with Crippen molar-refractivity contribution in [2.24, 2.45) is 5.92 Å². The van der Waals surface area contributed by atoms with Crippen molar-refractivity contribution in [1.29, 1.82) is 0 Å². The molecule has 1 aromatic rings. The van der Waals surface area contributed by atoms with Crippen LogP contribution < -0.4 is 10.1 Å². The van der Waals surface area contributed by atoms with Crippen LogP contribution in [0.25, 0.3) is 0 Å². The number of nitrogens with one attached hydrogen (secondary N) is 1. The quantitative estimate of drug-likeness (QED) is 0.594. The van der Waals surface area contributed by atoms with E-state index in [0.717, 1.165) is 6.29 Å². The number of ether oxygens (including phenoxy) is 3. The Morgan fingerprint density at radius 2 is 1.93 bits per heavy atom. The highest BCUT2D eigenvalue weighted by Gasteiger charge is 2.36. The molecule has 1 aromatic carbocycles. The van der Waals surface area contributed by atoms with Crippen LogP contribution in [-0.4, -0.2) is 42.2 Å². The second-order valence-electron chi connectivity index (χ2n) is 8.33. The molecule has 1 aliphatic rings. The molecule has 4 atom stereocenters. The first-order valence-electron chi connectivity index (χ1n) is 10.0. The normalized spacial score (nSPS) is 25.6. The van der Waals surface area contributed by atoms with Crippen molar-refractivity contribution in [3.8, 4) is 5.75 Å². The molecule has 160 valence electrons. The number of carbonyl (C=O) groups excluding carboxylic acids is 3. The summed E-state index contributed by atoms with van der Waals surface area (Å²) in [7, 11) is 0. The molecule has 1 fully saturated rings. The maximum Gasteiger partial charge on any atom is 0.408 e. The van der Waals surface area contributed by atoms with Crippen molar-refractivity contribution < 1.29 is 28.6 Å². The number of amides is 1. The molecule has 0 aliphatic carbocycles. The minimum Gasteiger partial charge on any atom is -0.486 e. The lowest BCUT2D eigenvalue weighted by atomic mass is 9.90. The van der Waals surface area contributed by atoms with Crippen LogP contribution in [0.15, 0.2) is 30.3 Å².